The zero-order valence-corrected chi connectivity index (χ0v) is 13.2. The van der Waals surface area contributed by atoms with Crippen LogP contribution in [-0.4, -0.2) is 34.0 Å². The second-order valence-electron chi connectivity index (χ2n) is 5.41. The number of carbonyl (C=O) groups is 2. The van der Waals surface area contributed by atoms with Crippen molar-refractivity contribution in [1.82, 2.24) is 20.8 Å². The third kappa shape index (κ3) is 3.42. The molecule has 0 aliphatic heterocycles. The fraction of sp³-hybridized carbons (Fsp3) is 0.429. The zero-order chi connectivity index (χ0) is 17.2. The Hall–Kier alpha value is -2.36. The molecule has 1 aliphatic carbocycles. The molecule has 1 aliphatic rings. The molecule has 0 radical (unpaired) electrons. The van der Waals surface area contributed by atoms with Crippen LogP contribution in [0.25, 0.3) is 0 Å². The van der Waals surface area contributed by atoms with Gasteiger partial charge in [-0.25, -0.2) is 4.98 Å². The van der Waals surface area contributed by atoms with Gasteiger partial charge in [-0.05, 0) is 12.8 Å². The third-order valence-corrected chi connectivity index (χ3v) is 4.60. The molecular formula is C14H14F2N4O3S. The van der Waals surface area contributed by atoms with Gasteiger partial charge < -0.3 is 15.2 Å². The number of halogens is 2. The Labute approximate surface area is 139 Å². The summed E-state index contributed by atoms with van der Waals surface area (Å²) in [6, 6.07) is 0.666. The molecule has 0 spiro atoms. The lowest BCUT2D eigenvalue weighted by Gasteiger charge is -2.38. The summed E-state index contributed by atoms with van der Waals surface area (Å²) in [6.07, 6.45) is 3.74. The highest BCUT2D eigenvalue weighted by molar-refractivity contribution is 7.09. The average molecular weight is 356 g/mol. The van der Waals surface area contributed by atoms with Crippen molar-refractivity contribution in [3.8, 4) is 0 Å². The van der Waals surface area contributed by atoms with Gasteiger partial charge in [0.25, 0.3) is 5.91 Å². The van der Waals surface area contributed by atoms with Gasteiger partial charge in [0.2, 0.25) is 5.91 Å². The molecule has 3 rings (SSSR count). The van der Waals surface area contributed by atoms with Crippen LogP contribution in [0.5, 0.6) is 0 Å². The normalized spacial score (nSPS) is 20.2. The maximum absolute atomic E-state index is 14.0. The molecule has 128 valence electrons. The van der Waals surface area contributed by atoms with E-state index in [9.17, 15) is 18.4 Å². The molecule has 2 aromatic heterocycles. The van der Waals surface area contributed by atoms with Gasteiger partial charge in [-0.3, -0.25) is 9.59 Å². The lowest BCUT2D eigenvalue weighted by atomic mass is 9.86. The molecule has 2 amide bonds. The van der Waals surface area contributed by atoms with Gasteiger partial charge in [0, 0.05) is 29.7 Å². The second-order valence-corrected chi connectivity index (χ2v) is 6.31. The SMILES string of the molecule is O=C(Cc1ccon1)NC1CCC1NC(=O)C(F)(F)c1nccs1. The van der Waals surface area contributed by atoms with Gasteiger partial charge in [-0.1, -0.05) is 5.16 Å². The van der Waals surface area contributed by atoms with Gasteiger partial charge >= 0.3 is 5.92 Å². The van der Waals surface area contributed by atoms with Gasteiger partial charge in [0.15, 0.2) is 5.01 Å². The van der Waals surface area contributed by atoms with E-state index in [4.69, 9.17) is 0 Å². The summed E-state index contributed by atoms with van der Waals surface area (Å²) in [6.45, 7) is 0. The molecule has 2 aromatic rings. The van der Waals surface area contributed by atoms with E-state index in [1.165, 1.54) is 17.8 Å². The standard InChI is InChI=1S/C14H14F2N4O3S/c15-14(16,13-17-4-6-24-13)12(22)19-10-2-1-9(10)18-11(21)7-8-3-5-23-20-8/h3-6,9-10H,1-2,7H2,(H,18,21)(H,19,22). The summed E-state index contributed by atoms with van der Waals surface area (Å²) < 4.78 is 32.6. The Kier molecular flexibility index (Phi) is 4.56. The smallest absolute Gasteiger partial charge is 0.364 e. The van der Waals surface area contributed by atoms with Crippen molar-refractivity contribution in [1.29, 1.82) is 0 Å². The highest BCUT2D eigenvalue weighted by atomic mass is 32.1. The molecule has 2 N–H and O–H groups in total. The average Bonchev–Trinajstić information content (AvgIpc) is 3.22. The molecule has 1 saturated carbocycles. The van der Waals surface area contributed by atoms with Crippen LogP contribution in [0.2, 0.25) is 0 Å². The number of nitrogens with one attached hydrogen (secondary N) is 2. The van der Waals surface area contributed by atoms with Crippen LogP contribution >= 0.6 is 11.3 Å². The Morgan fingerprint density at radius 2 is 2.08 bits per heavy atom. The molecule has 2 heterocycles. The topological polar surface area (TPSA) is 97.1 Å². The number of hydrogen-bond donors (Lipinski definition) is 2. The second kappa shape index (κ2) is 6.63. The molecule has 24 heavy (non-hydrogen) atoms. The van der Waals surface area contributed by atoms with E-state index in [0.717, 1.165) is 0 Å². The maximum atomic E-state index is 14.0. The minimum atomic E-state index is -3.68. The zero-order valence-electron chi connectivity index (χ0n) is 12.4. The number of aromatic nitrogens is 2. The van der Waals surface area contributed by atoms with E-state index in [2.05, 4.69) is 25.3 Å². The number of alkyl halides is 2. The number of thiazole rings is 1. The molecule has 7 nitrogen and oxygen atoms in total. The minimum Gasteiger partial charge on any atom is -0.364 e. The monoisotopic (exact) mass is 356 g/mol. The number of carbonyl (C=O) groups excluding carboxylic acids is 2. The molecule has 2 atom stereocenters. The number of hydrogen-bond acceptors (Lipinski definition) is 6. The van der Waals surface area contributed by atoms with Crippen LogP contribution in [0, 0.1) is 0 Å². The summed E-state index contributed by atoms with van der Waals surface area (Å²) in [5.74, 6) is -5.39. The Bertz CT molecular complexity index is 706. The number of nitrogens with zero attached hydrogens (tertiary/aromatic N) is 2. The van der Waals surface area contributed by atoms with E-state index in [1.54, 1.807) is 6.07 Å². The first kappa shape index (κ1) is 16.5. The van der Waals surface area contributed by atoms with Crippen molar-refractivity contribution >= 4 is 23.2 Å². The fourth-order valence-corrected chi connectivity index (χ4v) is 2.94. The summed E-state index contributed by atoms with van der Waals surface area (Å²) in [5, 5.41) is 9.45. The summed E-state index contributed by atoms with van der Waals surface area (Å²) in [7, 11) is 0. The van der Waals surface area contributed by atoms with Gasteiger partial charge in [-0.2, -0.15) is 8.78 Å². The quantitative estimate of drug-likeness (QED) is 0.811. The first-order chi connectivity index (χ1) is 11.5. The molecule has 1 fully saturated rings. The molecule has 0 aromatic carbocycles. The van der Waals surface area contributed by atoms with E-state index in [-0.39, 0.29) is 18.4 Å². The summed E-state index contributed by atoms with van der Waals surface area (Å²) in [5.41, 5.74) is 0.475. The predicted octanol–water partition coefficient (Wildman–Crippen LogP) is 1.23. The van der Waals surface area contributed by atoms with Crippen molar-refractivity contribution in [3.63, 3.8) is 0 Å². The largest absolute Gasteiger partial charge is 0.375 e. The molecular weight excluding hydrogens is 342 g/mol. The van der Waals surface area contributed by atoms with Crippen LogP contribution in [-0.2, 0) is 21.9 Å². The molecule has 2 unspecified atom stereocenters. The first-order valence-corrected chi connectivity index (χ1v) is 8.12. The van der Waals surface area contributed by atoms with Crippen molar-refractivity contribution in [2.75, 3.05) is 0 Å². The highest BCUT2D eigenvalue weighted by Gasteiger charge is 2.46. The Balaban J connectivity index is 1.52. The van der Waals surface area contributed by atoms with Crippen LogP contribution in [0.4, 0.5) is 8.78 Å². The Morgan fingerprint density at radius 1 is 1.33 bits per heavy atom. The lowest BCUT2D eigenvalue weighted by Crippen LogP contribution is -2.60. The van der Waals surface area contributed by atoms with E-state index in [0.29, 0.717) is 29.9 Å². The Morgan fingerprint density at radius 3 is 2.67 bits per heavy atom. The number of rotatable bonds is 6. The van der Waals surface area contributed by atoms with Crippen molar-refractivity contribution < 1.29 is 22.9 Å². The van der Waals surface area contributed by atoms with E-state index in [1.807, 2.05) is 0 Å². The van der Waals surface area contributed by atoms with Gasteiger partial charge in [-0.15, -0.1) is 11.3 Å². The third-order valence-electron chi connectivity index (χ3n) is 3.76. The molecule has 0 saturated heterocycles. The maximum Gasteiger partial charge on any atom is 0.375 e. The minimum absolute atomic E-state index is 0.0307. The van der Waals surface area contributed by atoms with Crippen LogP contribution in [0.3, 0.4) is 0 Å². The van der Waals surface area contributed by atoms with Crippen molar-refractivity contribution in [3.05, 3.63) is 34.6 Å². The van der Waals surface area contributed by atoms with Gasteiger partial charge in [0.1, 0.15) is 6.26 Å². The van der Waals surface area contributed by atoms with Crippen LogP contribution < -0.4 is 10.6 Å². The summed E-state index contributed by atoms with van der Waals surface area (Å²) in [4.78, 5) is 27.2. The fourth-order valence-electron chi connectivity index (χ4n) is 2.33. The summed E-state index contributed by atoms with van der Waals surface area (Å²) >= 11 is 0.717. The van der Waals surface area contributed by atoms with E-state index >= 15 is 0 Å². The van der Waals surface area contributed by atoms with Crippen LogP contribution in [0.15, 0.2) is 28.4 Å². The molecule has 0 bridgehead atoms. The number of amides is 2. The van der Waals surface area contributed by atoms with Crippen molar-refractivity contribution in [2.24, 2.45) is 0 Å². The lowest BCUT2D eigenvalue weighted by molar-refractivity contribution is -0.149. The predicted molar refractivity (Wildman–Crippen MR) is 79.3 cm³/mol. The van der Waals surface area contributed by atoms with Crippen molar-refractivity contribution in [2.45, 2.75) is 37.3 Å². The van der Waals surface area contributed by atoms with Crippen LogP contribution in [0.1, 0.15) is 23.5 Å². The molecule has 10 heteroatoms. The highest BCUT2D eigenvalue weighted by Crippen LogP contribution is 2.31. The van der Waals surface area contributed by atoms with Gasteiger partial charge in [0.05, 0.1) is 12.1 Å². The first-order valence-electron chi connectivity index (χ1n) is 7.24. The van der Waals surface area contributed by atoms with E-state index < -0.39 is 22.9 Å².